The molecule has 214 valence electrons. The summed E-state index contributed by atoms with van der Waals surface area (Å²) in [4.78, 5) is 29.9. The van der Waals surface area contributed by atoms with Crippen molar-refractivity contribution in [2.24, 2.45) is 17.1 Å². The van der Waals surface area contributed by atoms with E-state index >= 15 is 0 Å². The molecule has 6 rings (SSSR count). The third-order valence-corrected chi connectivity index (χ3v) is 8.13. The van der Waals surface area contributed by atoms with E-state index in [1.165, 1.54) is 23.5 Å². The molecular formula is C32H26N6O4S. The molecule has 0 aliphatic heterocycles. The second-order valence-corrected chi connectivity index (χ2v) is 10.7. The number of phenolic OH excluding ortho intramolecular Hbond substituents is 1. The van der Waals surface area contributed by atoms with Crippen LogP contribution < -0.4 is 10.4 Å². The molecule has 0 spiro atoms. The summed E-state index contributed by atoms with van der Waals surface area (Å²) < 4.78 is 4.86. The van der Waals surface area contributed by atoms with Crippen molar-refractivity contribution in [1.29, 1.82) is 0 Å². The van der Waals surface area contributed by atoms with Crippen molar-refractivity contribution in [3.63, 3.8) is 0 Å². The zero-order valence-electron chi connectivity index (χ0n) is 23.5. The van der Waals surface area contributed by atoms with Crippen LogP contribution in [0.15, 0.2) is 111 Å². The number of aromatic nitrogens is 3. The van der Waals surface area contributed by atoms with Crippen LogP contribution in [0, 0.1) is 17.0 Å². The lowest BCUT2D eigenvalue weighted by atomic mass is 10.0. The summed E-state index contributed by atoms with van der Waals surface area (Å²) in [7, 11) is 1.80. The molecule has 0 atom stereocenters. The Morgan fingerprint density at radius 2 is 1.72 bits per heavy atom. The van der Waals surface area contributed by atoms with E-state index in [1.807, 2.05) is 67.6 Å². The molecule has 0 saturated heterocycles. The van der Waals surface area contributed by atoms with Crippen molar-refractivity contribution in [1.82, 2.24) is 14.0 Å². The number of nitro groups is 1. The lowest BCUT2D eigenvalue weighted by Crippen LogP contribution is -2.20. The van der Waals surface area contributed by atoms with Crippen LogP contribution in [0.3, 0.4) is 0 Å². The molecule has 11 heteroatoms. The van der Waals surface area contributed by atoms with Crippen molar-refractivity contribution >= 4 is 39.2 Å². The van der Waals surface area contributed by atoms with Gasteiger partial charge in [0.1, 0.15) is 5.75 Å². The summed E-state index contributed by atoms with van der Waals surface area (Å²) in [5.74, 6) is 0.0928. The van der Waals surface area contributed by atoms with Gasteiger partial charge < -0.3 is 5.11 Å². The van der Waals surface area contributed by atoms with Gasteiger partial charge in [-0.3, -0.25) is 19.6 Å². The van der Waals surface area contributed by atoms with Crippen molar-refractivity contribution in [2.45, 2.75) is 13.8 Å². The monoisotopic (exact) mass is 590 g/mol. The van der Waals surface area contributed by atoms with E-state index in [1.54, 1.807) is 51.6 Å². The van der Waals surface area contributed by atoms with Crippen LogP contribution in [0.4, 0.5) is 11.4 Å². The van der Waals surface area contributed by atoms with Gasteiger partial charge in [-0.15, -0.1) is 11.3 Å². The van der Waals surface area contributed by atoms with Crippen LogP contribution >= 0.6 is 11.3 Å². The molecule has 0 unspecified atom stereocenters. The number of aromatic hydroxyl groups is 1. The minimum Gasteiger partial charge on any atom is -0.507 e. The summed E-state index contributed by atoms with van der Waals surface area (Å²) in [5, 5.41) is 30.9. The Morgan fingerprint density at radius 1 is 0.977 bits per heavy atom. The Hall–Kier alpha value is -5.55. The standard InChI is InChI=1S/C32H26N6O4S/c1-20(26-17-16-22-10-7-8-15-27(22)30(26)39)34-36-28(23-11-9-14-25(18-23)38(41)42)19-43-32(36)33-29-21(2)35(3)37(31(29)40)24-12-5-4-6-13-24/h4-19,39H,1-3H3. The average molecular weight is 591 g/mol. The van der Waals surface area contributed by atoms with E-state index in [4.69, 9.17) is 10.1 Å². The number of hydrogen-bond acceptors (Lipinski definition) is 7. The highest BCUT2D eigenvalue weighted by Gasteiger charge is 2.18. The van der Waals surface area contributed by atoms with Gasteiger partial charge in [0.05, 0.1) is 27.7 Å². The number of non-ortho nitro benzene ring substituents is 1. The molecule has 0 saturated carbocycles. The summed E-state index contributed by atoms with van der Waals surface area (Å²) in [6.07, 6.45) is 0. The maximum absolute atomic E-state index is 13.6. The van der Waals surface area contributed by atoms with Gasteiger partial charge in [-0.05, 0) is 37.4 Å². The van der Waals surface area contributed by atoms with Crippen LogP contribution in [0.5, 0.6) is 5.75 Å². The Morgan fingerprint density at radius 3 is 2.49 bits per heavy atom. The minimum atomic E-state index is -0.452. The van der Waals surface area contributed by atoms with Crippen molar-refractivity contribution in [3.8, 4) is 22.7 Å². The highest BCUT2D eigenvalue weighted by molar-refractivity contribution is 7.07. The number of benzene rings is 4. The molecule has 6 aromatic rings. The van der Waals surface area contributed by atoms with Gasteiger partial charge >= 0.3 is 0 Å². The molecule has 43 heavy (non-hydrogen) atoms. The highest BCUT2D eigenvalue weighted by atomic mass is 32.1. The van der Waals surface area contributed by atoms with Crippen molar-refractivity contribution < 1.29 is 10.0 Å². The van der Waals surface area contributed by atoms with E-state index in [9.17, 15) is 20.0 Å². The first-order valence-electron chi connectivity index (χ1n) is 13.4. The molecule has 0 amide bonds. The molecule has 2 aromatic heterocycles. The van der Waals surface area contributed by atoms with E-state index in [0.717, 1.165) is 5.39 Å². The van der Waals surface area contributed by atoms with Gasteiger partial charge in [0.2, 0.25) is 4.80 Å². The Kier molecular flexibility index (Phi) is 7.08. The van der Waals surface area contributed by atoms with Gasteiger partial charge in [0.25, 0.3) is 11.2 Å². The third-order valence-electron chi connectivity index (χ3n) is 7.31. The van der Waals surface area contributed by atoms with Crippen molar-refractivity contribution in [2.75, 3.05) is 0 Å². The summed E-state index contributed by atoms with van der Waals surface area (Å²) in [6.45, 7) is 3.59. The molecule has 10 nitrogen and oxygen atoms in total. The van der Waals surface area contributed by atoms with Gasteiger partial charge in [-0.25, -0.2) is 14.4 Å². The number of nitro benzene ring substituents is 1. The number of thiazole rings is 1. The summed E-state index contributed by atoms with van der Waals surface area (Å²) >= 11 is 1.25. The summed E-state index contributed by atoms with van der Waals surface area (Å²) in [5.41, 5.74) is 3.35. The largest absolute Gasteiger partial charge is 0.507 e. The SMILES string of the molecule is CC(=Nn1c(-c2cccc([N+](=O)[O-])c2)csc1=Nc1c(C)n(C)n(-c2ccccc2)c1=O)c1ccc2ccccc2c1O. The van der Waals surface area contributed by atoms with Crippen LogP contribution in [-0.2, 0) is 7.05 Å². The van der Waals surface area contributed by atoms with E-state index < -0.39 is 4.92 Å². The summed E-state index contributed by atoms with van der Waals surface area (Å²) in [6, 6.07) is 26.8. The van der Waals surface area contributed by atoms with E-state index in [0.29, 0.717) is 44.1 Å². The molecule has 1 N–H and O–H groups in total. The molecule has 0 aliphatic rings. The smallest absolute Gasteiger partial charge is 0.297 e. The predicted molar refractivity (Wildman–Crippen MR) is 169 cm³/mol. The van der Waals surface area contributed by atoms with Crippen LogP contribution in [0.1, 0.15) is 18.2 Å². The molecule has 0 aliphatic carbocycles. The van der Waals surface area contributed by atoms with Crippen LogP contribution in [0.25, 0.3) is 27.7 Å². The predicted octanol–water partition coefficient (Wildman–Crippen LogP) is 6.29. The second-order valence-electron chi connectivity index (χ2n) is 9.91. The first-order chi connectivity index (χ1) is 20.7. The van der Waals surface area contributed by atoms with Gasteiger partial charge in [-0.2, -0.15) is 5.10 Å². The number of para-hydroxylation sites is 1. The van der Waals surface area contributed by atoms with Crippen LogP contribution in [0.2, 0.25) is 0 Å². The number of fused-ring (bicyclic) bond motifs is 1. The fourth-order valence-corrected chi connectivity index (χ4v) is 5.82. The molecule has 0 bridgehead atoms. The van der Waals surface area contributed by atoms with Gasteiger partial charge in [-0.1, -0.05) is 60.7 Å². The normalized spacial score (nSPS) is 12.3. The lowest BCUT2D eigenvalue weighted by molar-refractivity contribution is -0.384. The third kappa shape index (κ3) is 4.95. The first-order valence-corrected chi connectivity index (χ1v) is 14.2. The molecule has 2 heterocycles. The zero-order chi connectivity index (χ0) is 30.2. The molecule has 0 fully saturated rings. The minimum absolute atomic E-state index is 0.0636. The Balaban J connectivity index is 1.58. The highest BCUT2D eigenvalue weighted by Crippen LogP contribution is 2.30. The van der Waals surface area contributed by atoms with Crippen LogP contribution in [-0.4, -0.2) is 29.8 Å². The Bertz CT molecular complexity index is 2190. The van der Waals surface area contributed by atoms with Crippen molar-refractivity contribution in [3.05, 3.63) is 133 Å². The number of hydrogen-bond donors (Lipinski definition) is 1. The fourth-order valence-electron chi connectivity index (χ4n) is 4.98. The molecule has 0 radical (unpaired) electrons. The maximum Gasteiger partial charge on any atom is 0.297 e. The number of nitrogens with zero attached hydrogens (tertiary/aromatic N) is 6. The number of phenols is 1. The Labute approximate surface area is 249 Å². The van der Waals surface area contributed by atoms with E-state index in [-0.39, 0.29) is 22.7 Å². The first kappa shape index (κ1) is 27.6. The maximum atomic E-state index is 13.6. The zero-order valence-corrected chi connectivity index (χ0v) is 24.3. The fraction of sp³-hybridized carbons (Fsp3) is 0.0938. The second kappa shape index (κ2) is 11.0. The lowest BCUT2D eigenvalue weighted by Gasteiger charge is -2.09. The number of rotatable bonds is 6. The topological polar surface area (TPSA) is 120 Å². The molecular weight excluding hydrogens is 564 g/mol. The molecule has 4 aromatic carbocycles. The van der Waals surface area contributed by atoms with E-state index in [2.05, 4.69) is 0 Å². The average Bonchev–Trinajstić information content (AvgIpc) is 3.50. The quantitative estimate of drug-likeness (QED) is 0.139. The van der Waals surface area contributed by atoms with Gasteiger partial charge in [0, 0.05) is 41.1 Å². The van der Waals surface area contributed by atoms with Gasteiger partial charge in [0.15, 0.2) is 5.69 Å².